The summed E-state index contributed by atoms with van der Waals surface area (Å²) < 4.78 is 21.1. The predicted molar refractivity (Wildman–Crippen MR) is 87.1 cm³/mol. The van der Waals surface area contributed by atoms with Crippen molar-refractivity contribution < 1.29 is 9.13 Å². The monoisotopic (exact) mass is 420 g/mol. The van der Waals surface area contributed by atoms with Crippen molar-refractivity contribution in [2.75, 3.05) is 6.61 Å². The number of benzene rings is 2. The lowest BCUT2D eigenvalue weighted by atomic mass is 10.0. The van der Waals surface area contributed by atoms with Gasteiger partial charge < -0.3 is 4.74 Å². The summed E-state index contributed by atoms with van der Waals surface area (Å²) in [4.78, 5) is 0. The zero-order valence-electron chi connectivity index (χ0n) is 10.7. The number of hydrogen-bond donors (Lipinski definition) is 0. The molecule has 20 heavy (non-hydrogen) atoms. The molecule has 1 nitrogen and oxygen atoms in total. The molecule has 1 unspecified atom stereocenters. The Morgan fingerprint density at radius 1 is 1.25 bits per heavy atom. The van der Waals surface area contributed by atoms with E-state index in [4.69, 9.17) is 16.3 Å². The summed E-state index contributed by atoms with van der Waals surface area (Å²) in [7, 11) is 0. The Morgan fingerprint density at radius 3 is 2.65 bits per heavy atom. The molecule has 0 amide bonds. The van der Waals surface area contributed by atoms with E-state index < -0.39 is 5.38 Å². The van der Waals surface area contributed by atoms with Crippen LogP contribution < -0.4 is 4.74 Å². The van der Waals surface area contributed by atoms with Crippen LogP contribution in [0.1, 0.15) is 23.4 Å². The molecule has 0 saturated carbocycles. The van der Waals surface area contributed by atoms with Crippen LogP contribution in [-0.2, 0) is 0 Å². The van der Waals surface area contributed by atoms with Gasteiger partial charge in [0.05, 0.1) is 12.0 Å². The maximum Gasteiger partial charge on any atom is 0.129 e. The number of hydrogen-bond acceptors (Lipinski definition) is 1. The molecule has 0 bridgehead atoms. The summed E-state index contributed by atoms with van der Waals surface area (Å²) in [6.45, 7) is 2.42. The third-order valence-electron chi connectivity index (χ3n) is 2.80. The molecule has 0 spiro atoms. The van der Waals surface area contributed by atoms with Gasteiger partial charge in [0.15, 0.2) is 0 Å². The minimum atomic E-state index is -0.635. The summed E-state index contributed by atoms with van der Waals surface area (Å²) in [6, 6.07) is 10.3. The van der Waals surface area contributed by atoms with Crippen LogP contribution in [0.2, 0.25) is 0 Å². The van der Waals surface area contributed by atoms with E-state index >= 15 is 0 Å². The molecule has 0 saturated heterocycles. The van der Waals surface area contributed by atoms with Crippen molar-refractivity contribution in [3.63, 3.8) is 0 Å². The first-order valence-corrected chi connectivity index (χ1v) is 8.07. The molecule has 0 aromatic heterocycles. The van der Waals surface area contributed by atoms with Gasteiger partial charge in [-0.15, -0.1) is 11.6 Å². The molecule has 0 heterocycles. The fourth-order valence-corrected chi connectivity index (χ4v) is 3.39. The smallest absolute Gasteiger partial charge is 0.129 e. The first-order chi connectivity index (χ1) is 9.54. The number of ether oxygens (including phenoxy) is 1. The Morgan fingerprint density at radius 2 is 2.00 bits per heavy atom. The zero-order chi connectivity index (χ0) is 14.7. The molecule has 0 N–H and O–H groups in total. The third-order valence-corrected chi connectivity index (χ3v) is 4.44. The first-order valence-electron chi connectivity index (χ1n) is 6.04. The van der Waals surface area contributed by atoms with Crippen LogP contribution in [0, 0.1) is 5.82 Å². The Labute approximate surface area is 139 Å². The zero-order valence-corrected chi connectivity index (χ0v) is 14.6. The average molecular weight is 423 g/mol. The van der Waals surface area contributed by atoms with Gasteiger partial charge in [-0.05, 0) is 37.3 Å². The lowest BCUT2D eigenvalue weighted by molar-refractivity contribution is 0.336. The molecule has 106 valence electrons. The Kier molecular flexibility index (Phi) is 5.47. The van der Waals surface area contributed by atoms with Crippen molar-refractivity contribution in [2.45, 2.75) is 12.3 Å². The molecule has 2 aromatic carbocycles. The molecule has 0 aliphatic rings. The van der Waals surface area contributed by atoms with E-state index in [9.17, 15) is 4.39 Å². The first kappa shape index (κ1) is 15.8. The van der Waals surface area contributed by atoms with Gasteiger partial charge >= 0.3 is 0 Å². The molecule has 1 atom stereocenters. The van der Waals surface area contributed by atoms with Crippen LogP contribution in [-0.4, -0.2) is 6.61 Å². The van der Waals surface area contributed by atoms with E-state index in [-0.39, 0.29) is 5.82 Å². The lowest BCUT2D eigenvalue weighted by Crippen LogP contribution is -2.03. The SMILES string of the molecule is CCOc1ccc(Br)cc1C(Cl)c1c(F)cccc1Br. The van der Waals surface area contributed by atoms with Gasteiger partial charge in [0.1, 0.15) is 11.6 Å². The van der Waals surface area contributed by atoms with E-state index in [1.165, 1.54) is 6.07 Å². The van der Waals surface area contributed by atoms with E-state index in [0.29, 0.717) is 22.4 Å². The molecule has 2 aromatic rings. The number of halogens is 4. The highest BCUT2D eigenvalue weighted by molar-refractivity contribution is 9.10. The highest BCUT2D eigenvalue weighted by Gasteiger charge is 2.22. The van der Waals surface area contributed by atoms with Crippen LogP contribution >= 0.6 is 43.5 Å². The molecular weight excluding hydrogens is 410 g/mol. The van der Waals surface area contributed by atoms with Crippen LogP contribution in [0.5, 0.6) is 5.75 Å². The van der Waals surface area contributed by atoms with Gasteiger partial charge in [0.2, 0.25) is 0 Å². The number of alkyl halides is 1. The summed E-state index contributed by atoms with van der Waals surface area (Å²) in [6.07, 6.45) is 0. The predicted octanol–water partition coefficient (Wildman–Crippen LogP) is 6.08. The molecular formula is C15H12Br2ClFO. The van der Waals surface area contributed by atoms with Crippen molar-refractivity contribution in [3.05, 3.63) is 62.3 Å². The van der Waals surface area contributed by atoms with E-state index in [2.05, 4.69) is 31.9 Å². The molecule has 5 heteroatoms. The van der Waals surface area contributed by atoms with E-state index in [1.807, 2.05) is 25.1 Å². The lowest BCUT2D eigenvalue weighted by Gasteiger charge is -2.17. The quantitative estimate of drug-likeness (QED) is 0.543. The maximum absolute atomic E-state index is 14.0. The van der Waals surface area contributed by atoms with Crippen molar-refractivity contribution >= 4 is 43.5 Å². The van der Waals surface area contributed by atoms with Crippen molar-refractivity contribution in [3.8, 4) is 5.75 Å². The average Bonchev–Trinajstić information content (AvgIpc) is 2.40. The molecule has 0 aliphatic carbocycles. The van der Waals surface area contributed by atoms with Crippen molar-refractivity contribution in [1.82, 2.24) is 0 Å². The third kappa shape index (κ3) is 3.35. The van der Waals surface area contributed by atoms with Gasteiger partial charge in [0.25, 0.3) is 0 Å². The van der Waals surface area contributed by atoms with E-state index in [1.54, 1.807) is 12.1 Å². The Bertz CT molecular complexity index is 599. The van der Waals surface area contributed by atoms with Gasteiger partial charge in [-0.25, -0.2) is 4.39 Å². The van der Waals surface area contributed by atoms with Crippen LogP contribution in [0.4, 0.5) is 4.39 Å². The summed E-state index contributed by atoms with van der Waals surface area (Å²) in [5.41, 5.74) is 1.14. The Hall–Kier alpha value is -0.580. The van der Waals surface area contributed by atoms with Crippen LogP contribution in [0.15, 0.2) is 45.3 Å². The molecule has 0 fully saturated rings. The highest BCUT2D eigenvalue weighted by atomic mass is 79.9. The van der Waals surface area contributed by atoms with Crippen molar-refractivity contribution in [1.29, 1.82) is 0 Å². The standard InChI is InChI=1S/C15H12Br2ClFO/c1-2-20-13-7-6-9(16)8-10(13)15(18)14-11(17)4-3-5-12(14)19/h3-8,15H,2H2,1H3. The van der Waals surface area contributed by atoms with Gasteiger partial charge in [0, 0.05) is 20.1 Å². The topological polar surface area (TPSA) is 9.23 Å². The van der Waals surface area contributed by atoms with Gasteiger partial charge in [-0.3, -0.25) is 0 Å². The Balaban J connectivity index is 2.52. The molecule has 2 rings (SSSR count). The normalized spacial score (nSPS) is 12.2. The fraction of sp³-hybridized carbons (Fsp3) is 0.200. The summed E-state index contributed by atoms with van der Waals surface area (Å²) >= 11 is 13.2. The minimum Gasteiger partial charge on any atom is -0.494 e. The maximum atomic E-state index is 14.0. The summed E-state index contributed by atoms with van der Waals surface area (Å²) in [5.74, 6) is 0.313. The molecule has 0 radical (unpaired) electrons. The summed E-state index contributed by atoms with van der Waals surface area (Å²) in [5, 5.41) is -0.635. The number of rotatable bonds is 4. The van der Waals surface area contributed by atoms with Gasteiger partial charge in [-0.2, -0.15) is 0 Å². The second-order valence-electron chi connectivity index (χ2n) is 4.11. The second kappa shape index (κ2) is 6.92. The second-order valence-corrected chi connectivity index (χ2v) is 6.32. The van der Waals surface area contributed by atoms with Gasteiger partial charge in [-0.1, -0.05) is 37.9 Å². The van der Waals surface area contributed by atoms with Crippen LogP contribution in [0.3, 0.4) is 0 Å². The fourth-order valence-electron chi connectivity index (χ4n) is 1.91. The largest absolute Gasteiger partial charge is 0.494 e. The highest BCUT2D eigenvalue weighted by Crippen LogP contribution is 2.40. The van der Waals surface area contributed by atoms with E-state index in [0.717, 1.165) is 10.0 Å². The van der Waals surface area contributed by atoms with Crippen LogP contribution in [0.25, 0.3) is 0 Å². The molecule has 0 aliphatic heterocycles. The minimum absolute atomic E-state index is 0.346. The van der Waals surface area contributed by atoms with Crippen molar-refractivity contribution in [2.24, 2.45) is 0 Å².